The molecular weight excluding hydrogens is 396 g/mol. The predicted octanol–water partition coefficient (Wildman–Crippen LogP) is 5.48. The zero-order chi connectivity index (χ0) is 22.3. The summed E-state index contributed by atoms with van der Waals surface area (Å²) in [6, 6.07) is 32.5. The van der Waals surface area contributed by atoms with E-state index in [1.165, 1.54) is 5.56 Å². The van der Waals surface area contributed by atoms with E-state index >= 15 is 0 Å². The van der Waals surface area contributed by atoms with Crippen LogP contribution in [0.1, 0.15) is 17.5 Å². The van der Waals surface area contributed by atoms with Crippen LogP contribution >= 0.6 is 0 Å². The van der Waals surface area contributed by atoms with E-state index in [0.29, 0.717) is 0 Å². The Kier molecular flexibility index (Phi) is 6.24. The van der Waals surface area contributed by atoms with E-state index in [1.807, 2.05) is 42.5 Å². The van der Waals surface area contributed by atoms with Crippen LogP contribution in [0, 0.1) is 18.3 Å². The van der Waals surface area contributed by atoms with Crippen molar-refractivity contribution in [1.82, 2.24) is 9.99 Å². The van der Waals surface area contributed by atoms with E-state index in [1.54, 1.807) is 6.21 Å². The van der Waals surface area contributed by atoms with Gasteiger partial charge in [-0.3, -0.25) is 4.79 Å². The average molecular weight is 419 g/mol. The third-order valence-corrected chi connectivity index (χ3v) is 5.07. The lowest BCUT2D eigenvalue weighted by Gasteiger charge is -2.15. The minimum absolute atomic E-state index is 0.234. The summed E-state index contributed by atoms with van der Waals surface area (Å²) in [7, 11) is 0. The Morgan fingerprint density at radius 1 is 0.969 bits per heavy atom. The quantitative estimate of drug-likeness (QED) is 0.333. The van der Waals surface area contributed by atoms with Crippen molar-refractivity contribution in [2.45, 2.75) is 13.3 Å². The number of rotatable bonds is 6. The Morgan fingerprint density at radius 2 is 1.59 bits per heavy atom. The fourth-order valence-corrected chi connectivity index (χ4v) is 3.59. The molecule has 0 aliphatic heterocycles. The van der Waals surface area contributed by atoms with Gasteiger partial charge in [-0.05, 0) is 36.2 Å². The van der Waals surface area contributed by atoms with Crippen LogP contribution in [0.15, 0.2) is 96.1 Å². The zero-order valence-electron chi connectivity index (χ0n) is 17.7. The van der Waals surface area contributed by atoms with Gasteiger partial charge in [0.2, 0.25) is 0 Å². The molecule has 1 N–H and O–H groups in total. The molecule has 4 rings (SSSR count). The first-order valence-corrected chi connectivity index (χ1v) is 10.3. The summed E-state index contributed by atoms with van der Waals surface area (Å²) in [6.45, 7) is 2.07. The van der Waals surface area contributed by atoms with E-state index in [2.05, 4.69) is 76.6 Å². The molecule has 4 aromatic rings. The van der Waals surface area contributed by atoms with E-state index in [-0.39, 0.29) is 6.42 Å². The highest BCUT2D eigenvalue weighted by Crippen LogP contribution is 2.35. The van der Waals surface area contributed by atoms with Gasteiger partial charge in [0.1, 0.15) is 6.42 Å². The molecule has 0 aliphatic rings. The van der Waals surface area contributed by atoms with Gasteiger partial charge >= 0.3 is 0 Å². The fraction of sp³-hybridized carbons (Fsp3) is 0.0741. The molecule has 156 valence electrons. The van der Waals surface area contributed by atoms with Crippen LogP contribution in [0.5, 0.6) is 0 Å². The molecule has 32 heavy (non-hydrogen) atoms. The Morgan fingerprint density at radius 3 is 2.22 bits per heavy atom. The number of hydrazone groups is 1. The number of carbonyl (C=O) groups excluding carboxylic acids is 1. The molecule has 1 aromatic heterocycles. The number of aryl methyl sites for hydroxylation is 1. The molecule has 0 saturated heterocycles. The Bertz CT molecular complexity index is 1280. The van der Waals surface area contributed by atoms with Crippen molar-refractivity contribution in [3.8, 4) is 34.3 Å². The van der Waals surface area contributed by atoms with E-state index < -0.39 is 5.91 Å². The molecule has 0 saturated carbocycles. The van der Waals surface area contributed by atoms with Crippen molar-refractivity contribution in [3.63, 3.8) is 0 Å². The number of amides is 1. The van der Waals surface area contributed by atoms with Gasteiger partial charge in [-0.1, -0.05) is 78.4 Å². The number of nitrogens with zero attached hydrogens (tertiary/aromatic N) is 3. The normalized spacial score (nSPS) is 10.8. The van der Waals surface area contributed by atoms with Crippen LogP contribution < -0.4 is 5.43 Å². The third-order valence-electron chi connectivity index (χ3n) is 5.07. The summed E-state index contributed by atoms with van der Waals surface area (Å²) in [5.41, 5.74) is 9.57. The number of hydrogen-bond donors (Lipinski definition) is 1. The molecule has 1 heterocycles. The number of benzene rings is 3. The van der Waals surface area contributed by atoms with E-state index in [4.69, 9.17) is 5.26 Å². The zero-order valence-corrected chi connectivity index (χ0v) is 17.7. The first kappa shape index (κ1) is 20.8. The van der Waals surface area contributed by atoms with E-state index in [9.17, 15) is 4.79 Å². The van der Waals surface area contributed by atoms with Gasteiger partial charge in [0, 0.05) is 11.3 Å². The minimum Gasteiger partial charge on any atom is -0.309 e. The highest BCUT2D eigenvalue weighted by molar-refractivity contribution is 5.94. The van der Waals surface area contributed by atoms with Crippen LogP contribution in [-0.4, -0.2) is 16.7 Å². The fourth-order valence-electron chi connectivity index (χ4n) is 3.59. The smallest absolute Gasteiger partial charge is 0.254 e. The summed E-state index contributed by atoms with van der Waals surface area (Å²) in [5, 5.41) is 12.8. The number of nitriles is 1. The second-order valence-electron chi connectivity index (χ2n) is 7.36. The van der Waals surface area contributed by atoms with Gasteiger partial charge in [0.25, 0.3) is 5.91 Å². The van der Waals surface area contributed by atoms with Crippen molar-refractivity contribution >= 4 is 12.1 Å². The molecule has 0 atom stereocenters. The number of nitrogens with one attached hydrogen (secondary N) is 1. The molecular formula is C27H22N4O. The van der Waals surface area contributed by atoms with Gasteiger partial charge in [-0.25, -0.2) is 5.43 Å². The highest BCUT2D eigenvalue weighted by Gasteiger charge is 2.18. The lowest BCUT2D eigenvalue weighted by molar-refractivity contribution is -0.120. The molecule has 0 radical (unpaired) electrons. The highest BCUT2D eigenvalue weighted by atomic mass is 16.2. The van der Waals surface area contributed by atoms with Crippen LogP contribution in [-0.2, 0) is 4.79 Å². The predicted molar refractivity (Wildman–Crippen MR) is 127 cm³/mol. The van der Waals surface area contributed by atoms with Crippen molar-refractivity contribution in [3.05, 3.63) is 102 Å². The second kappa shape index (κ2) is 9.59. The summed E-state index contributed by atoms with van der Waals surface area (Å²) in [4.78, 5) is 11.7. The van der Waals surface area contributed by atoms with Crippen LogP contribution in [0.3, 0.4) is 0 Å². The summed E-state index contributed by atoms with van der Waals surface area (Å²) in [6.07, 6.45) is 1.40. The molecule has 5 nitrogen and oxygen atoms in total. The maximum Gasteiger partial charge on any atom is 0.254 e. The number of carbonyl (C=O) groups is 1. The minimum atomic E-state index is -0.439. The number of hydrogen-bond acceptors (Lipinski definition) is 3. The largest absolute Gasteiger partial charge is 0.309 e. The lowest BCUT2D eigenvalue weighted by atomic mass is 10.1. The molecule has 0 bridgehead atoms. The van der Waals surface area contributed by atoms with Crippen LogP contribution in [0.25, 0.3) is 28.2 Å². The second-order valence-corrected chi connectivity index (χ2v) is 7.36. The monoisotopic (exact) mass is 418 g/mol. The first-order valence-electron chi connectivity index (χ1n) is 10.3. The molecule has 0 unspecified atom stereocenters. The van der Waals surface area contributed by atoms with Gasteiger partial charge in [-0.2, -0.15) is 10.4 Å². The molecule has 0 fully saturated rings. The SMILES string of the molecule is Cc1ccc(-n2c(-c3ccccc3)cc(/C=N/NC(=O)CC#N)c2-c2ccccc2)cc1. The maximum atomic E-state index is 11.7. The third kappa shape index (κ3) is 4.50. The lowest BCUT2D eigenvalue weighted by Crippen LogP contribution is -2.16. The Hall–Kier alpha value is -4.43. The van der Waals surface area contributed by atoms with Gasteiger partial charge < -0.3 is 4.57 Å². The molecule has 0 spiro atoms. The van der Waals surface area contributed by atoms with Crippen molar-refractivity contribution in [1.29, 1.82) is 5.26 Å². The summed E-state index contributed by atoms with van der Waals surface area (Å²) >= 11 is 0. The van der Waals surface area contributed by atoms with Crippen molar-refractivity contribution < 1.29 is 4.79 Å². The van der Waals surface area contributed by atoms with Crippen LogP contribution in [0.4, 0.5) is 0 Å². The average Bonchev–Trinajstić information content (AvgIpc) is 3.20. The standard InChI is InChI=1S/C27H22N4O/c1-20-12-14-24(15-13-20)31-25(21-8-4-2-5-9-21)18-23(19-29-30-26(32)16-17-28)27(31)22-10-6-3-7-11-22/h2-15,18-19H,16H2,1H3,(H,30,32)/b29-19+. The summed E-state index contributed by atoms with van der Waals surface area (Å²) < 4.78 is 2.21. The van der Waals surface area contributed by atoms with Crippen LogP contribution in [0.2, 0.25) is 0 Å². The molecule has 1 amide bonds. The molecule has 5 heteroatoms. The van der Waals surface area contributed by atoms with Crippen molar-refractivity contribution in [2.75, 3.05) is 0 Å². The summed E-state index contributed by atoms with van der Waals surface area (Å²) in [5.74, 6) is -0.439. The van der Waals surface area contributed by atoms with Gasteiger partial charge in [-0.15, -0.1) is 0 Å². The maximum absolute atomic E-state index is 11.7. The van der Waals surface area contributed by atoms with Gasteiger partial charge in [0.05, 0.1) is 23.7 Å². The topological polar surface area (TPSA) is 70.2 Å². The Balaban J connectivity index is 1.93. The van der Waals surface area contributed by atoms with Gasteiger partial charge in [0.15, 0.2) is 0 Å². The number of aromatic nitrogens is 1. The van der Waals surface area contributed by atoms with E-state index in [0.717, 1.165) is 33.8 Å². The molecule has 0 aliphatic carbocycles. The van der Waals surface area contributed by atoms with Crippen molar-refractivity contribution in [2.24, 2.45) is 5.10 Å². The Labute approximate surface area is 187 Å². The molecule has 3 aromatic carbocycles. The first-order chi connectivity index (χ1) is 15.7.